The van der Waals surface area contributed by atoms with E-state index in [9.17, 15) is 13.2 Å². The van der Waals surface area contributed by atoms with Gasteiger partial charge in [0.05, 0.1) is 4.90 Å². The molecule has 0 unspecified atom stereocenters. The summed E-state index contributed by atoms with van der Waals surface area (Å²) in [6, 6.07) is 12.5. The minimum absolute atomic E-state index is 0.0352. The highest BCUT2D eigenvalue weighted by molar-refractivity contribution is 7.89. The Morgan fingerprint density at radius 3 is 2.56 bits per heavy atom. The number of anilines is 1. The number of benzene rings is 2. The van der Waals surface area contributed by atoms with Crippen LogP contribution in [-0.2, 0) is 21.4 Å². The lowest BCUT2D eigenvalue weighted by molar-refractivity contribution is -0.117. The summed E-state index contributed by atoms with van der Waals surface area (Å²) in [4.78, 5) is 12.1. The van der Waals surface area contributed by atoms with Gasteiger partial charge in [-0.05, 0) is 56.0 Å². The quantitative estimate of drug-likeness (QED) is 0.833. The summed E-state index contributed by atoms with van der Waals surface area (Å²) in [7, 11) is -3.58. The molecule has 1 aliphatic carbocycles. The largest absolute Gasteiger partial charge is 0.326 e. The van der Waals surface area contributed by atoms with Gasteiger partial charge in [-0.15, -0.1) is 0 Å². The standard InChI is InChI=1S/C19H22N2O3S/c1-13-6-9-18(14(2)10-13)25(23,24)20-12-15-4-3-5-17(11-15)21-19(22)16-7-8-16/h3-6,9-11,16,20H,7-8,12H2,1-2H3,(H,21,22). The van der Waals surface area contributed by atoms with Crippen molar-refractivity contribution in [2.45, 2.75) is 38.1 Å². The van der Waals surface area contributed by atoms with E-state index in [2.05, 4.69) is 10.0 Å². The SMILES string of the molecule is Cc1ccc(S(=O)(=O)NCc2cccc(NC(=O)C3CC3)c2)c(C)c1. The fraction of sp³-hybridized carbons (Fsp3) is 0.316. The van der Waals surface area contributed by atoms with Crippen LogP contribution in [0.2, 0.25) is 0 Å². The fourth-order valence-corrected chi connectivity index (χ4v) is 3.95. The second kappa shape index (κ2) is 6.98. The summed E-state index contributed by atoms with van der Waals surface area (Å²) in [5.74, 6) is 0.166. The molecular weight excluding hydrogens is 336 g/mol. The first kappa shape index (κ1) is 17.6. The highest BCUT2D eigenvalue weighted by atomic mass is 32.2. The van der Waals surface area contributed by atoms with Crippen molar-refractivity contribution in [3.05, 3.63) is 59.2 Å². The maximum atomic E-state index is 12.5. The molecule has 2 aromatic rings. The molecule has 132 valence electrons. The van der Waals surface area contributed by atoms with Crippen LogP contribution in [0.15, 0.2) is 47.4 Å². The average molecular weight is 358 g/mol. The number of aryl methyl sites for hydroxylation is 2. The first-order chi connectivity index (χ1) is 11.8. The first-order valence-corrected chi connectivity index (χ1v) is 9.80. The predicted octanol–water partition coefficient (Wildman–Crippen LogP) is 3.13. The van der Waals surface area contributed by atoms with Gasteiger partial charge in [-0.25, -0.2) is 13.1 Å². The fourth-order valence-electron chi connectivity index (χ4n) is 2.71. The van der Waals surface area contributed by atoms with Crippen molar-refractivity contribution in [1.82, 2.24) is 4.72 Å². The number of hydrogen-bond donors (Lipinski definition) is 2. The van der Waals surface area contributed by atoms with Gasteiger partial charge in [0.15, 0.2) is 0 Å². The molecule has 0 radical (unpaired) electrons. The first-order valence-electron chi connectivity index (χ1n) is 8.32. The van der Waals surface area contributed by atoms with Crippen molar-refractivity contribution in [3.63, 3.8) is 0 Å². The number of amides is 1. The molecule has 2 N–H and O–H groups in total. The Labute approximate surface area is 148 Å². The van der Waals surface area contributed by atoms with Crippen LogP contribution < -0.4 is 10.0 Å². The summed E-state index contributed by atoms with van der Waals surface area (Å²) in [5.41, 5.74) is 3.23. The molecule has 6 heteroatoms. The summed E-state index contributed by atoms with van der Waals surface area (Å²) in [5, 5.41) is 2.87. The van der Waals surface area contributed by atoms with Crippen molar-refractivity contribution in [2.24, 2.45) is 5.92 Å². The third kappa shape index (κ3) is 4.46. The maximum Gasteiger partial charge on any atom is 0.241 e. The Bertz CT molecular complexity index is 903. The molecule has 25 heavy (non-hydrogen) atoms. The van der Waals surface area contributed by atoms with Crippen molar-refractivity contribution in [1.29, 1.82) is 0 Å². The van der Waals surface area contributed by atoms with Crippen LogP contribution in [-0.4, -0.2) is 14.3 Å². The van der Waals surface area contributed by atoms with Crippen LogP contribution in [0, 0.1) is 19.8 Å². The van der Waals surface area contributed by atoms with Crippen LogP contribution in [0.1, 0.15) is 29.5 Å². The van der Waals surface area contributed by atoms with Gasteiger partial charge in [0.25, 0.3) is 0 Å². The van der Waals surface area contributed by atoms with Gasteiger partial charge < -0.3 is 5.32 Å². The Morgan fingerprint density at radius 2 is 1.88 bits per heavy atom. The second-order valence-electron chi connectivity index (χ2n) is 6.56. The lowest BCUT2D eigenvalue weighted by Crippen LogP contribution is -2.24. The van der Waals surface area contributed by atoms with Gasteiger partial charge in [0.1, 0.15) is 0 Å². The average Bonchev–Trinajstić information content (AvgIpc) is 3.38. The van der Waals surface area contributed by atoms with Crippen molar-refractivity contribution >= 4 is 21.6 Å². The van der Waals surface area contributed by atoms with Crippen LogP contribution >= 0.6 is 0 Å². The van der Waals surface area contributed by atoms with Crippen LogP contribution in [0.3, 0.4) is 0 Å². The number of carbonyl (C=O) groups is 1. The molecule has 3 rings (SSSR count). The number of hydrogen-bond acceptors (Lipinski definition) is 3. The van der Waals surface area contributed by atoms with E-state index in [1.54, 1.807) is 25.1 Å². The smallest absolute Gasteiger partial charge is 0.241 e. The summed E-state index contributed by atoms with van der Waals surface area (Å²) >= 11 is 0. The van der Waals surface area contributed by atoms with E-state index in [4.69, 9.17) is 0 Å². The van der Waals surface area contributed by atoms with E-state index in [-0.39, 0.29) is 23.3 Å². The zero-order chi connectivity index (χ0) is 18.0. The number of sulfonamides is 1. The van der Waals surface area contributed by atoms with Gasteiger partial charge in [-0.3, -0.25) is 4.79 Å². The lowest BCUT2D eigenvalue weighted by atomic mass is 10.2. The van der Waals surface area contributed by atoms with Gasteiger partial charge in [-0.1, -0.05) is 29.8 Å². The zero-order valence-corrected chi connectivity index (χ0v) is 15.2. The van der Waals surface area contributed by atoms with Crippen LogP contribution in [0.25, 0.3) is 0 Å². The van der Waals surface area contributed by atoms with E-state index in [1.807, 2.05) is 31.2 Å². The molecule has 0 aliphatic heterocycles. The molecule has 0 bridgehead atoms. The molecule has 1 aliphatic rings. The molecule has 0 saturated heterocycles. The minimum atomic E-state index is -3.58. The van der Waals surface area contributed by atoms with E-state index < -0.39 is 10.0 Å². The highest BCUT2D eigenvalue weighted by Crippen LogP contribution is 2.30. The lowest BCUT2D eigenvalue weighted by Gasteiger charge is -2.11. The normalized spacial score (nSPS) is 14.3. The van der Waals surface area contributed by atoms with Crippen LogP contribution in [0.5, 0.6) is 0 Å². The predicted molar refractivity (Wildman–Crippen MR) is 97.7 cm³/mol. The van der Waals surface area contributed by atoms with E-state index in [0.717, 1.165) is 29.5 Å². The molecule has 2 aromatic carbocycles. The molecule has 0 aromatic heterocycles. The minimum Gasteiger partial charge on any atom is -0.326 e. The highest BCUT2D eigenvalue weighted by Gasteiger charge is 2.29. The molecule has 0 spiro atoms. The third-order valence-electron chi connectivity index (χ3n) is 4.23. The summed E-state index contributed by atoms with van der Waals surface area (Å²) in [6.07, 6.45) is 1.89. The topological polar surface area (TPSA) is 75.3 Å². The van der Waals surface area contributed by atoms with Crippen molar-refractivity contribution < 1.29 is 13.2 Å². The van der Waals surface area contributed by atoms with Crippen LogP contribution in [0.4, 0.5) is 5.69 Å². The zero-order valence-electron chi connectivity index (χ0n) is 14.4. The molecular formula is C19H22N2O3S. The van der Waals surface area contributed by atoms with Crippen molar-refractivity contribution in [3.8, 4) is 0 Å². The molecule has 1 amide bonds. The van der Waals surface area contributed by atoms with Gasteiger partial charge in [0.2, 0.25) is 15.9 Å². The number of rotatable bonds is 6. The van der Waals surface area contributed by atoms with E-state index in [0.29, 0.717) is 5.69 Å². The molecule has 1 fully saturated rings. The third-order valence-corrected chi connectivity index (χ3v) is 5.79. The number of carbonyl (C=O) groups excluding carboxylic acids is 1. The van der Waals surface area contributed by atoms with E-state index >= 15 is 0 Å². The van der Waals surface area contributed by atoms with Gasteiger partial charge in [0, 0.05) is 18.2 Å². The van der Waals surface area contributed by atoms with Gasteiger partial charge in [-0.2, -0.15) is 0 Å². The van der Waals surface area contributed by atoms with E-state index in [1.165, 1.54) is 0 Å². The van der Waals surface area contributed by atoms with Crippen molar-refractivity contribution in [2.75, 3.05) is 5.32 Å². The maximum absolute atomic E-state index is 12.5. The Kier molecular flexibility index (Phi) is 4.92. The Morgan fingerprint density at radius 1 is 1.12 bits per heavy atom. The summed E-state index contributed by atoms with van der Waals surface area (Å²) < 4.78 is 27.7. The molecule has 0 heterocycles. The molecule has 5 nitrogen and oxygen atoms in total. The molecule has 1 saturated carbocycles. The second-order valence-corrected chi connectivity index (χ2v) is 8.29. The number of nitrogens with one attached hydrogen (secondary N) is 2. The summed E-state index contributed by atoms with van der Waals surface area (Å²) in [6.45, 7) is 3.89. The Balaban J connectivity index is 1.69. The molecule has 0 atom stereocenters. The Hall–Kier alpha value is -2.18. The monoisotopic (exact) mass is 358 g/mol. The van der Waals surface area contributed by atoms with Gasteiger partial charge >= 0.3 is 0 Å².